The molecule has 0 radical (unpaired) electrons. The molecule has 0 saturated carbocycles. The SMILES string of the molecule is CCCS(=O)(=O)CCOC(=O)c1cc(Cl)ccc1N. The van der Waals surface area contributed by atoms with Crippen LogP contribution in [0, 0.1) is 0 Å². The van der Waals surface area contributed by atoms with Crippen LogP contribution in [0.5, 0.6) is 0 Å². The molecule has 19 heavy (non-hydrogen) atoms. The van der Waals surface area contributed by atoms with Gasteiger partial charge in [0.25, 0.3) is 0 Å². The summed E-state index contributed by atoms with van der Waals surface area (Å²) >= 11 is 5.75. The van der Waals surface area contributed by atoms with Gasteiger partial charge in [-0.3, -0.25) is 0 Å². The van der Waals surface area contributed by atoms with Gasteiger partial charge in [0.1, 0.15) is 6.61 Å². The maximum atomic E-state index is 11.7. The summed E-state index contributed by atoms with van der Waals surface area (Å²) < 4.78 is 27.8. The summed E-state index contributed by atoms with van der Waals surface area (Å²) in [6, 6.07) is 4.44. The standard InChI is InChI=1S/C12H16ClNO4S/c1-2-6-19(16,17)7-5-18-12(15)10-8-9(13)3-4-11(10)14/h3-4,8H,2,5-7,14H2,1H3. The molecule has 0 heterocycles. The lowest BCUT2D eigenvalue weighted by Crippen LogP contribution is -2.18. The van der Waals surface area contributed by atoms with E-state index in [-0.39, 0.29) is 29.4 Å². The molecule has 0 fully saturated rings. The summed E-state index contributed by atoms with van der Waals surface area (Å²) in [5.41, 5.74) is 6.00. The maximum absolute atomic E-state index is 11.7. The van der Waals surface area contributed by atoms with Gasteiger partial charge in [-0.15, -0.1) is 0 Å². The van der Waals surface area contributed by atoms with Gasteiger partial charge in [-0.05, 0) is 24.6 Å². The Morgan fingerprint density at radius 1 is 1.37 bits per heavy atom. The molecule has 0 spiro atoms. The number of carbonyl (C=O) groups is 1. The Labute approximate surface area is 117 Å². The van der Waals surface area contributed by atoms with Crippen molar-refractivity contribution >= 4 is 33.1 Å². The normalized spacial score (nSPS) is 11.3. The van der Waals surface area contributed by atoms with Crippen molar-refractivity contribution in [2.45, 2.75) is 13.3 Å². The minimum absolute atomic E-state index is 0.0872. The van der Waals surface area contributed by atoms with E-state index in [0.717, 1.165) is 0 Å². The van der Waals surface area contributed by atoms with E-state index in [1.54, 1.807) is 13.0 Å². The van der Waals surface area contributed by atoms with Crippen molar-refractivity contribution in [2.24, 2.45) is 0 Å². The third-order valence-corrected chi connectivity index (χ3v) is 4.43. The van der Waals surface area contributed by atoms with Crippen molar-refractivity contribution in [3.05, 3.63) is 28.8 Å². The highest BCUT2D eigenvalue weighted by molar-refractivity contribution is 7.91. The molecule has 1 rings (SSSR count). The summed E-state index contributed by atoms with van der Waals surface area (Å²) in [6.07, 6.45) is 0.539. The number of anilines is 1. The van der Waals surface area contributed by atoms with Gasteiger partial charge in [-0.25, -0.2) is 13.2 Å². The van der Waals surface area contributed by atoms with Crippen molar-refractivity contribution in [3.8, 4) is 0 Å². The lowest BCUT2D eigenvalue weighted by atomic mass is 10.2. The molecule has 106 valence electrons. The highest BCUT2D eigenvalue weighted by atomic mass is 35.5. The van der Waals surface area contributed by atoms with E-state index in [2.05, 4.69) is 0 Å². The van der Waals surface area contributed by atoms with Crippen LogP contribution < -0.4 is 5.73 Å². The van der Waals surface area contributed by atoms with Crippen LogP contribution in [0.25, 0.3) is 0 Å². The first-order valence-electron chi connectivity index (χ1n) is 5.78. The first-order valence-corrected chi connectivity index (χ1v) is 7.98. The summed E-state index contributed by atoms with van der Waals surface area (Å²) in [4.78, 5) is 11.7. The van der Waals surface area contributed by atoms with E-state index in [1.807, 2.05) is 0 Å². The lowest BCUT2D eigenvalue weighted by Gasteiger charge is -2.07. The number of rotatable bonds is 6. The van der Waals surface area contributed by atoms with E-state index in [4.69, 9.17) is 22.1 Å². The highest BCUT2D eigenvalue weighted by Crippen LogP contribution is 2.18. The molecule has 0 aromatic heterocycles. The molecule has 0 atom stereocenters. The molecule has 0 amide bonds. The first-order chi connectivity index (χ1) is 8.85. The van der Waals surface area contributed by atoms with Crippen LogP contribution in [0.3, 0.4) is 0 Å². The van der Waals surface area contributed by atoms with Crippen LogP contribution in [0.1, 0.15) is 23.7 Å². The molecule has 7 heteroatoms. The number of esters is 1. The van der Waals surface area contributed by atoms with Crippen LogP contribution in [-0.2, 0) is 14.6 Å². The van der Waals surface area contributed by atoms with Crippen LogP contribution in [0.4, 0.5) is 5.69 Å². The molecule has 0 aliphatic carbocycles. The van der Waals surface area contributed by atoms with Gasteiger partial charge in [-0.2, -0.15) is 0 Å². The summed E-state index contributed by atoms with van der Waals surface area (Å²) in [5, 5.41) is 0.361. The number of nitrogens with two attached hydrogens (primary N) is 1. The fourth-order valence-corrected chi connectivity index (χ4v) is 2.79. The maximum Gasteiger partial charge on any atom is 0.340 e. The Kier molecular flexibility index (Phi) is 5.62. The third-order valence-electron chi connectivity index (χ3n) is 2.38. The van der Waals surface area contributed by atoms with Crippen molar-refractivity contribution in [1.82, 2.24) is 0 Å². The Bertz CT molecular complexity index is 557. The predicted octanol–water partition coefficient (Wildman–Crippen LogP) is 1.90. The highest BCUT2D eigenvalue weighted by Gasteiger charge is 2.14. The number of hydrogen-bond acceptors (Lipinski definition) is 5. The number of hydrogen-bond donors (Lipinski definition) is 1. The number of nitrogen functional groups attached to an aromatic ring is 1. The number of ether oxygens (including phenoxy) is 1. The zero-order valence-corrected chi connectivity index (χ0v) is 12.1. The summed E-state index contributed by atoms with van der Waals surface area (Å²) in [5.74, 6) is -0.775. The van der Waals surface area contributed by atoms with Crippen molar-refractivity contribution in [2.75, 3.05) is 23.8 Å². The van der Waals surface area contributed by atoms with Gasteiger partial charge in [0.2, 0.25) is 0 Å². The van der Waals surface area contributed by atoms with Crippen molar-refractivity contribution in [3.63, 3.8) is 0 Å². The number of carbonyl (C=O) groups excluding carboxylic acids is 1. The van der Waals surface area contributed by atoms with Gasteiger partial charge in [0.15, 0.2) is 9.84 Å². The molecule has 1 aromatic rings. The minimum Gasteiger partial charge on any atom is -0.461 e. The topological polar surface area (TPSA) is 86.5 Å². The second kappa shape index (κ2) is 6.77. The lowest BCUT2D eigenvalue weighted by molar-refractivity contribution is 0.0530. The third kappa shape index (κ3) is 5.08. The molecule has 2 N–H and O–H groups in total. The molecule has 0 unspecified atom stereocenters. The van der Waals surface area contributed by atoms with E-state index in [0.29, 0.717) is 11.4 Å². The average Bonchev–Trinajstić information content (AvgIpc) is 2.31. The number of benzene rings is 1. The van der Waals surface area contributed by atoms with E-state index >= 15 is 0 Å². The molecule has 5 nitrogen and oxygen atoms in total. The summed E-state index contributed by atoms with van der Waals surface area (Å²) in [6.45, 7) is 1.59. The van der Waals surface area contributed by atoms with Gasteiger partial charge < -0.3 is 10.5 Å². The Balaban J connectivity index is 2.59. The number of sulfone groups is 1. The molecule has 1 aromatic carbocycles. The van der Waals surface area contributed by atoms with Gasteiger partial charge >= 0.3 is 5.97 Å². The predicted molar refractivity (Wildman–Crippen MR) is 75.1 cm³/mol. The molecular weight excluding hydrogens is 290 g/mol. The zero-order valence-electron chi connectivity index (χ0n) is 10.6. The van der Waals surface area contributed by atoms with Crippen LogP contribution >= 0.6 is 11.6 Å². The van der Waals surface area contributed by atoms with Crippen molar-refractivity contribution in [1.29, 1.82) is 0 Å². The van der Waals surface area contributed by atoms with E-state index in [1.165, 1.54) is 12.1 Å². The second-order valence-corrected chi connectivity index (χ2v) is 6.76. The summed E-state index contributed by atoms with van der Waals surface area (Å²) in [7, 11) is -3.16. The fourth-order valence-electron chi connectivity index (χ4n) is 1.46. The molecule has 0 aliphatic rings. The van der Waals surface area contributed by atoms with Gasteiger partial charge in [0, 0.05) is 10.7 Å². The minimum atomic E-state index is -3.16. The molecule has 0 aliphatic heterocycles. The van der Waals surface area contributed by atoms with Crippen LogP contribution in [0.15, 0.2) is 18.2 Å². The molecule has 0 saturated heterocycles. The average molecular weight is 306 g/mol. The van der Waals surface area contributed by atoms with Crippen molar-refractivity contribution < 1.29 is 17.9 Å². The number of halogens is 1. The smallest absolute Gasteiger partial charge is 0.340 e. The molecular formula is C12H16ClNO4S. The second-order valence-electron chi connectivity index (χ2n) is 4.02. The van der Waals surface area contributed by atoms with Crippen LogP contribution in [-0.4, -0.2) is 32.5 Å². The van der Waals surface area contributed by atoms with E-state index < -0.39 is 15.8 Å². The Hall–Kier alpha value is -1.27. The largest absolute Gasteiger partial charge is 0.461 e. The van der Waals surface area contributed by atoms with E-state index in [9.17, 15) is 13.2 Å². The Morgan fingerprint density at radius 2 is 2.05 bits per heavy atom. The van der Waals surface area contributed by atoms with Crippen LogP contribution in [0.2, 0.25) is 5.02 Å². The Morgan fingerprint density at radius 3 is 2.68 bits per heavy atom. The van der Waals surface area contributed by atoms with Gasteiger partial charge in [0.05, 0.1) is 17.1 Å². The van der Waals surface area contributed by atoms with Gasteiger partial charge in [-0.1, -0.05) is 18.5 Å². The quantitative estimate of drug-likeness (QED) is 0.641. The fraction of sp³-hybridized carbons (Fsp3) is 0.417. The first kappa shape index (κ1) is 15.8. The zero-order chi connectivity index (χ0) is 14.5. The molecule has 0 bridgehead atoms. The monoisotopic (exact) mass is 305 g/mol.